The molecule has 1 saturated heterocycles. The van der Waals surface area contributed by atoms with E-state index in [2.05, 4.69) is 24.8 Å². The van der Waals surface area contributed by atoms with Gasteiger partial charge < -0.3 is 19.3 Å². The van der Waals surface area contributed by atoms with E-state index in [1.54, 1.807) is 18.4 Å². The summed E-state index contributed by atoms with van der Waals surface area (Å²) in [6.07, 6.45) is 3.38. The maximum absolute atomic E-state index is 12.9. The van der Waals surface area contributed by atoms with Crippen LogP contribution in [0.15, 0.2) is 30.3 Å². The van der Waals surface area contributed by atoms with E-state index in [1.165, 1.54) is 17.0 Å². The number of amides is 1. The summed E-state index contributed by atoms with van der Waals surface area (Å²) in [4.78, 5) is 18.7. The molecule has 0 saturated carbocycles. The van der Waals surface area contributed by atoms with E-state index in [0.29, 0.717) is 29.9 Å². The number of benzene rings is 1. The van der Waals surface area contributed by atoms with Crippen molar-refractivity contribution in [1.82, 2.24) is 9.80 Å². The van der Waals surface area contributed by atoms with Gasteiger partial charge in [0.15, 0.2) is 5.06 Å². The lowest BCUT2D eigenvalue weighted by molar-refractivity contribution is 0.0736. The van der Waals surface area contributed by atoms with Gasteiger partial charge in [0, 0.05) is 36.6 Å². The molecule has 162 valence electrons. The second kappa shape index (κ2) is 9.40. The Kier molecular flexibility index (Phi) is 6.64. The first-order valence-electron chi connectivity index (χ1n) is 11.0. The molecule has 0 unspecified atom stereocenters. The number of rotatable bonds is 6. The summed E-state index contributed by atoms with van der Waals surface area (Å²) in [6, 6.07) is 9.60. The van der Waals surface area contributed by atoms with Gasteiger partial charge in [-0.15, -0.1) is 11.3 Å². The Morgan fingerprint density at radius 1 is 1.20 bits per heavy atom. The summed E-state index contributed by atoms with van der Waals surface area (Å²) >= 11 is 1.71. The Morgan fingerprint density at radius 2 is 2.00 bits per heavy atom. The Morgan fingerprint density at radius 3 is 2.73 bits per heavy atom. The van der Waals surface area contributed by atoms with Crippen LogP contribution < -0.4 is 9.47 Å². The zero-order chi connectivity index (χ0) is 21.1. The molecule has 3 heterocycles. The monoisotopic (exact) mass is 428 g/mol. The van der Waals surface area contributed by atoms with E-state index in [9.17, 15) is 4.79 Å². The lowest BCUT2D eigenvalue weighted by Crippen LogP contribution is -2.39. The van der Waals surface area contributed by atoms with Crippen molar-refractivity contribution in [2.45, 2.75) is 45.8 Å². The van der Waals surface area contributed by atoms with Crippen molar-refractivity contribution in [2.24, 2.45) is 5.92 Å². The smallest absolute Gasteiger partial charge is 0.254 e. The summed E-state index contributed by atoms with van der Waals surface area (Å²) in [6.45, 7) is 9.38. The van der Waals surface area contributed by atoms with Crippen molar-refractivity contribution in [3.63, 3.8) is 0 Å². The van der Waals surface area contributed by atoms with Crippen LogP contribution in [-0.2, 0) is 13.0 Å². The zero-order valence-electron chi connectivity index (χ0n) is 18.2. The molecular formula is C24H32N2O3S. The van der Waals surface area contributed by atoms with Gasteiger partial charge in [-0.25, -0.2) is 0 Å². The van der Waals surface area contributed by atoms with Gasteiger partial charge in [-0.1, -0.05) is 19.9 Å². The predicted octanol–water partition coefficient (Wildman–Crippen LogP) is 4.45. The highest BCUT2D eigenvalue weighted by Gasteiger charge is 2.26. The second-order valence-corrected chi connectivity index (χ2v) is 9.83. The fourth-order valence-electron chi connectivity index (χ4n) is 4.35. The molecule has 1 aromatic carbocycles. The van der Waals surface area contributed by atoms with E-state index < -0.39 is 0 Å². The van der Waals surface area contributed by atoms with Gasteiger partial charge >= 0.3 is 0 Å². The van der Waals surface area contributed by atoms with Gasteiger partial charge in [0.1, 0.15) is 11.9 Å². The molecule has 2 aliphatic rings. The molecule has 0 atom stereocenters. The zero-order valence-corrected chi connectivity index (χ0v) is 19.0. The van der Waals surface area contributed by atoms with Crippen LogP contribution in [0.1, 0.15) is 47.5 Å². The van der Waals surface area contributed by atoms with Crippen LogP contribution in [0.3, 0.4) is 0 Å². The maximum atomic E-state index is 12.9. The minimum atomic E-state index is 0.0629. The third-order valence-corrected chi connectivity index (χ3v) is 6.96. The van der Waals surface area contributed by atoms with Crippen LogP contribution in [0, 0.1) is 5.92 Å². The number of piperidine rings is 1. The first-order valence-corrected chi connectivity index (χ1v) is 11.8. The molecule has 1 fully saturated rings. The molecule has 2 aromatic rings. The normalized spacial score (nSPS) is 17.8. The molecule has 30 heavy (non-hydrogen) atoms. The summed E-state index contributed by atoms with van der Waals surface area (Å²) in [5.74, 6) is 1.49. The summed E-state index contributed by atoms with van der Waals surface area (Å²) in [5.41, 5.74) is 2.01. The molecular weight excluding hydrogens is 396 g/mol. The molecule has 2 aliphatic heterocycles. The average molecular weight is 429 g/mol. The molecule has 0 spiro atoms. The Bertz CT molecular complexity index is 871. The lowest BCUT2D eigenvalue weighted by Gasteiger charge is -2.32. The number of ether oxygens (including phenoxy) is 2. The molecule has 6 heteroatoms. The third-order valence-electron chi connectivity index (χ3n) is 5.90. The van der Waals surface area contributed by atoms with Gasteiger partial charge in [-0.05, 0) is 55.0 Å². The SMILES string of the molecule is COc1cccc(C(=O)N2CCc3cc(OC4CCN(CC(C)C)CC4)sc3C2)c1. The maximum Gasteiger partial charge on any atom is 0.254 e. The molecule has 0 N–H and O–H groups in total. The van der Waals surface area contributed by atoms with Crippen molar-refractivity contribution in [2.75, 3.05) is 33.3 Å². The minimum Gasteiger partial charge on any atom is -0.497 e. The predicted molar refractivity (Wildman–Crippen MR) is 121 cm³/mol. The lowest BCUT2D eigenvalue weighted by atomic mass is 10.1. The molecule has 5 nitrogen and oxygen atoms in total. The standard InChI is InChI=1S/C24H32N2O3S/c1-17(2)15-25-10-8-20(9-11-25)29-23-14-18-7-12-26(16-22(18)30-23)24(27)19-5-4-6-21(13-19)28-3/h4-6,13-14,17,20H,7-12,15-16H2,1-3H3. The molecule has 0 radical (unpaired) electrons. The van der Waals surface area contributed by atoms with E-state index in [0.717, 1.165) is 44.0 Å². The molecule has 0 bridgehead atoms. The highest BCUT2D eigenvalue weighted by molar-refractivity contribution is 7.14. The van der Waals surface area contributed by atoms with Gasteiger partial charge in [0.05, 0.1) is 13.7 Å². The highest BCUT2D eigenvalue weighted by Crippen LogP contribution is 2.35. The number of fused-ring (bicyclic) bond motifs is 1. The molecule has 4 rings (SSSR count). The largest absolute Gasteiger partial charge is 0.497 e. The number of nitrogens with zero attached hydrogens (tertiary/aromatic N) is 2. The van der Waals surface area contributed by atoms with Crippen LogP contribution in [0.5, 0.6) is 10.8 Å². The number of hydrogen-bond acceptors (Lipinski definition) is 5. The van der Waals surface area contributed by atoms with Crippen molar-refractivity contribution in [3.8, 4) is 10.8 Å². The summed E-state index contributed by atoms with van der Waals surface area (Å²) in [7, 11) is 1.62. The van der Waals surface area contributed by atoms with Crippen LogP contribution >= 0.6 is 11.3 Å². The summed E-state index contributed by atoms with van der Waals surface area (Å²) in [5, 5.41) is 1.01. The quantitative estimate of drug-likeness (QED) is 0.682. The van der Waals surface area contributed by atoms with Crippen molar-refractivity contribution < 1.29 is 14.3 Å². The summed E-state index contributed by atoms with van der Waals surface area (Å²) < 4.78 is 11.6. The van der Waals surface area contributed by atoms with Crippen LogP contribution in [0.4, 0.5) is 0 Å². The molecule has 1 aromatic heterocycles. The minimum absolute atomic E-state index is 0.0629. The van der Waals surface area contributed by atoms with E-state index in [-0.39, 0.29) is 5.91 Å². The van der Waals surface area contributed by atoms with E-state index in [1.807, 2.05) is 29.2 Å². The van der Waals surface area contributed by atoms with Crippen LogP contribution in [-0.4, -0.2) is 55.1 Å². The Labute approximate surface area is 183 Å². The number of likely N-dealkylation sites (tertiary alicyclic amines) is 1. The topological polar surface area (TPSA) is 42.0 Å². The molecule has 1 amide bonds. The number of methoxy groups -OCH3 is 1. The van der Waals surface area contributed by atoms with Crippen LogP contribution in [0.2, 0.25) is 0 Å². The van der Waals surface area contributed by atoms with Gasteiger partial charge in [0.2, 0.25) is 0 Å². The Hall–Kier alpha value is -2.05. The third kappa shape index (κ3) is 4.98. The van der Waals surface area contributed by atoms with Gasteiger partial charge in [-0.3, -0.25) is 4.79 Å². The first kappa shape index (κ1) is 21.2. The van der Waals surface area contributed by atoms with E-state index >= 15 is 0 Å². The number of carbonyl (C=O) groups excluding carboxylic acids is 1. The van der Waals surface area contributed by atoms with Crippen molar-refractivity contribution in [3.05, 3.63) is 46.3 Å². The highest BCUT2D eigenvalue weighted by atomic mass is 32.1. The Balaban J connectivity index is 1.35. The van der Waals surface area contributed by atoms with E-state index in [4.69, 9.17) is 9.47 Å². The fraction of sp³-hybridized carbons (Fsp3) is 0.542. The first-order chi connectivity index (χ1) is 14.5. The number of carbonyl (C=O) groups is 1. The number of hydrogen-bond donors (Lipinski definition) is 0. The fourth-order valence-corrected chi connectivity index (χ4v) is 5.49. The van der Waals surface area contributed by atoms with Gasteiger partial charge in [0.25, 0.3) is 5.91 Å². The van der Waals surface area contributed by atoms with Crippen LogP contribution in [0.25, 0.3) is 0 Å². The number of thiophene rings is 1. The van der Waals surface area contributed by atoms with Crippen molar-refractivity contribution >= 4 is 17.2 Å². The van der Waals surface area contributed by atoms with Gasteiger partial charge in [-0.2, -0.15) is 0 Å². The van der Waals surface area contributed by atoms with Crippen molar-refractivity contribution in [1.29, 1.82) is 0 Å². The average Bonchev–Trinajstić information content (AvgIpc) is 3.15. The second-order valence-electron chi connectivity index (χ2n) is 8.73. The molecule has 0 aliphatic carbocycles.